The topological polar surface area (TPSA) is 87.3 Å². The third-order valence-corrected chi connectivity index (χ3v) is 7.99. The van der Waals surface area contributed by atoms with Crippen molar-refractivity contribution in [1.82, 2.24) is 5.32 Å². The van der Waals surface area contributed by atoms with E-state index in [2.05, 4.69) is 16.0 Å². The number of para-hydroxylation sites is 1. The maximum absolute atomic E-state index is 14.3. The van der Waals surface area contributed by atoms with Gasteiger partial charge in [-0.05, 0) is 71.8 Å². The molecule has 6 nitrogen and oxygen atoms in total. The molecule has 0 spiro atoms. The molecule has 0 aliphatic carbocycles. The van der Waals surface area contributed by atoms with Crippen molar-refractivity contribution in [3.63, 3.8) is 0 Å². The molecule has 224 valence electrons. The van der Waals surface area contributed by atoms with E-state index in [1.807, 2.05) is 36.4 Å². The molecule has 0 saturated carbocycles. The Morgan fingerprint density at radius 1 is 0.733 bits per heavy atom. The molecule has 5 aromatic carbocycles. The Morgan fingerprint density at radius 3 is 2.16 bits per heavy atom. The smallest absolute Gasteiger partial charge is 0.272 e. The predicted molar refractivity (Wildman–Crippen MR) is 178 cm³/mol. The van der Waals surface area contributed by atoms with Crippen LogP contribution < -0.4 is 16.0 Å². The van der Waals surface area contributed by atoms with Gasteiger partial charge < -0.3 is 16.0 Å². The third kappa shape index (κ3) is 8.69. The van der Waals surface area contributed by atoms with Gasteiger partial charge in [0, 0.05) is 21.2 Å². The molecule has 0 bridgehead atoms. The van der Waals surface area contributed by atoms with Crippen LogP contribution in [-0.4, -0.2) is 17.7 Å². The van der Waals surface area contributed by atoms with E-state index in [9.17, 15) is 18.8 Å². The quantitative estimate of drug-likeness (QED) is 0.106. The van der Waals surface area contributed by atoms with E-state index in [-0.39, 0.29) is 11.4 Å². The van der Waals surface area contributed by atoms with Crippen LogP contribution in [0.5, 0.6) is 0 Å². The molecule has 0 heterocycles. The molecule has 3 N–H and O–H groups in total. The molecule has 45 heavy (non-hydrogen) atoms. The number of benzene rings is 5. The molecular formula is C36H27ClFN3O3S. The van der Waals surface area contributed by atoms with Gasteiger partial charge in [0.25, 0.3) is 11.8 Å². The van der Waals surface area contributed by atoms with Gasteiger partial charge in [-0.15, -0.1) is 11.8 Å². The Labute approximate surface area is 269 Å². The maximum Gasteiger partial charge on any atom is 0.272 e. The highest BCUT2D eigenvalue weighted by Crippen LogP contribution is 2.37. The summed E-state index contributed by atoms with van der Waals surface area (Å²) in [4.78, 5) is 40.6. The van der Waals surface area contributed by atoms with Crippen molar-refractivity contribution in [1.29, 1.82) is 0 Å². The minimum atomic E-state index is -0.722. The second-order valence-electron chi connectivity index (χ2n) is 9.79. The van der Waals surface area contributed by atoms with Gasteiger partial charge in [-0.1, -0.05) is 90.5 Å². The highest BCUT2D eigenvalue weighted by atomic mass is 35.5. The first-order valence-corrected chi connectivity index (χ1v) is 15.1. The number of hydrogen-bond acceptors (Lipinski definition) is 4. The van der Waals surface area contributed by atoms with Crippen LogP contribution in [0.3, 0.4) is 0 Å². The van der Waals surface area contributed by atoms with Crippen molar-refractivity contribution < 1.29 is 18.8 Å². The molecule has 1 atom stereocenters. The fourth-order valence-corrected chi connectivity index (χ4v) is 5.63. The van der Waals surface area contributed by atoms with Crippen molar-refractivity contribution in [2.24, 2.45) is 0 Å². The first-order chi connectivity index (χ1) is 21.9. The number of halogens is 2. The lowest BCUT2D eigenvalue weighted by Gasteiger charge is -2.18. The number of hydrogen-bond donors (Lipinski definition) is 3. The standard InChI is InChI=1S/C36H27ClFN3O3S/c37-27-16-9-11-24(21-27)22-32(41-34(42)26-14-5-2-6-15-26)35(43)39-28-17-10-18-29(23-28)45-33(25-12-3-1-4-13-25)36(44)40-31-20-8-7-19-30(31)38/h1-23,33H,(H,39,43)(H,40,44)(H,41,42)/b32-22-. The van der Waals surface area contributed by atoms with Gasteiger partial charge in [0.1, 0.15) is 16.8 Å². The SMILES string of the molecule is O=C(Nc1cccc(SC(C(=O)Nc2ccccc2F)c2ccccc2)c1)/C(=C/c1cccc(Cl)c1)NC(=O)c1ccccc1. The first-order valence-electron chi connectivity index (χ1n) is 13.9. The zero-order chi connectivity index (χ0) is 31.6. The molecule has 0 aliphatic rings. The lowest BCUT2D eigenvalue weighted by Crippen LogP contribution is -2.30. The average Bonchev–Trinajstić information content (AvgIpc) is 3.05. The van der Waals surface area contributed by atoms with Crippen molar-refractivity contribution in [3.8, 4) is 0 Å². The van der Waals surface area contributed by atoms with Crippen molar-refractivity contribution >= 4 is 58.5 Å². The summed E-state index contributed by atoms with van der Waals surface area (Å²) in [6, 6.07) is 37.6. The van der Waals surface area contributed by atoms with Crippen LogP contribution in [0.15, 0.2) is 144 Å². The van der Waals surface area contributed by atoms with Gasteiger partial charge in [-0.2, -0.15) is 0 Å². The normalized spacial score (nSPS) is 11.7. The van der Waals surface area contributed by atoms with Gasteiger partial charge in [0.15, 0.2) is 0 Å². The summed E-state index contributed by atoms with van der Waals surface area (Å²) in [5.41, 5.74) is 2.27. The molecule has 5 aromatic rings. The van der Waals surface area contributed by atoms with Crippen LogP contribution in [0.2, 0.25) is 5.02 Å². The summed E-state index contributed by atoms with van der Waals surface area (Å²) in [5, 5.41) is 8.00. The lowest BCUT2D eigenvalue weighted by atomic mass is 10.1. The van der Waals surface area contributed by atoms with Gasteiger partial charge >= 0.3 is 0 Å². The average molecular weight is 636 g/mol. The monoisotopic (exact) mass is 635 g/mol. The summed E-state index contributed by atoms with van der Waals surface area (Å²) >= 11 is 7.40. The van der Waals surface area contributed by atoms with E-state index >= 15 is 0 Å². The molecule has 1 unspecified atom stereocenters. The van der Waals surface area contributed by atoms with Crippen molar-refractivity contribution in [2.45, 2.75) is 10.1 Å². The first kappa shape index (κ1) is 31.3. The Morgan fingerprint density at radius 2 is 1.42 bits per heavy atom. The molecule has 0 saturated heterocycles. The number of amides is 3. The molecule has 0 fully saturated rings. The zero-order valence-electron chi connectivity index (χ0n) is 23.7. The fourth-order valence-electron chi connectivity index (χ4n) is 4.35. The number of nitrogens with one attached hydrogen (secondary N) is 3. The summed E-state index contributed by atoms with van der Waals surface area (Å²) in [5.74, 6) is -1.94. The zero-order valence-corrected chi connectivity index (χ0v) is 25.3. The van der Waals surface area contributed by atoms with Crippen molar-refractivity contribution in [3.05, 3.63) is 167 Å². The van der Waals surface area contributed by atoms with Crippen LogP contribution in [0.25, 0.3) is 6.08 Å². The number of rotatable bonds is 10. The number of carbonyl (C=O) groups is 3. The van der Waals surface area contributed by atoms with Gasteiger partial charge in [-0.3, -0.25) is 14.4 Å². The predicted octanol–water partition coefficient (Wildman–Crippen LogP) is 8.36. The second kappa shape index (κ2) is 15.0. The minimum absolute atomic E-state index is 0.00982. The maximum atomic E-state index is 14.3. The summed E-state index contributed by atoms with van der Waals surface area (Å²) < 4.78 is 14.3. The Kier molecular flexibility index (Phi) is 10.4. The fraction of sp³-hybridized carbons (Fsp3) is 0.0278. The Balaban J connectivity index is 1.38. The van der Waals surface area contributed by atoms with E-state index < -0.39 is 28.8 Å². The van der Waals surface area contributed by atoms with Gasteiger partial charge in [0.05, 0.1) is 5.69 Å². The second-order valence-corrected chi connectivity index (χ2v) is 11.4. The van der Waals surface area contributed by atoms with Crippen LogP contribution in [0.4, 0.5) is 15.8 Å². The molecule has 0 radical (unpaired) electrons. The molecule has 0 aromatic heterocycles. The van der Waals surface area contributed by atoms with Crippen LogP contribution in [0, 0.1) is 5.82 Å². The van der Waals surface area contributed by atoms with E-state index in [0.29, 0.717) is 26.7 Å². The lowest BCUT2D eigenvalue weighted by molar-refractivity contribution is -0.116. The van der Waals surface area contributed by atoms with Crippen LogP contribution in [-0.2, 0) is 9.59 Å². The number of anilines is 2. The molecule has 0 aliphatic heterocycles. The third-order valence-electron chi connectivity index (χ3n) is 6.51. The number of thioether (sulfide) groups is 1. The van der Waals surface area contributed by atoms with Gasteiger partial charge in [-0.25, -0.2) is 4.39 Å². The molecule has 3 amide bonds. The molecular weight excluding hydrogens is 609 g/mol. The van der Waals surface area contributed by atoms with E-state index in [0.717, 1.165) is 5.56 Å². The van der Waals surface area contributed by atoms with E-state index in [1.165, 1.54) is 23.9 Å². The highest BCUT2D eigenvalue weighted by molar-refractivity contribution is 8.00. The summed E-state index contributed by atoms with van der Waals surface area (Å²) in [7, 11) is 0. The van der Waals surface area contributed by atoms with E-state index in [4.69, 9.17) is 11.6 Å². The molecule has 5 rings (SSSR count). The largest absolute Gasteiger partial charge is 0.322 e. The van der Waals surface area contributed by atoms with E-state index in [1.54, 1.807) is 91.0 Å². The van der Waals surface area contributed by atoms with Crippen LogP contribution >= 0.6 is 23.4 Å². The molecule has 9 heteroatoms. The summed E-state index contributed by atoms with van der Waals surface area (Å²) in [6.45, 7) is 0. The minimum Gasteiger partial charge on any atom is -0.322 e. The Bertz CT molecular complexity index is 1850. The Hall–Kier alpha value is -5.18. The summed E-state index contributed by atoms with van der Waals surface area (Å²) in [6.07, 6.45) is 1.54. The highest BCUT2D eigenvalue weighted by Gasteiger charge is 2.23. The van der Waals surface area contributed by atoms with Crippen molar-refractivity contribution in [2.75, 3.05) is 10.6 Å². The number of carbonyl (C=O) groups excluding carboxylic acids is 3. The van der Waals surface area contributed by atoms with Crippen LogP contribution in [0.1, 0.15) is 26.7 Å². The van der Waals surface area contributed by atoms with Gasteiger partial charge in [0.2, 0.25) is 5.91 Å².